The molecule has 3 heteroatoms. The summed E-state index contributed by atoms with van der Waals surface area (Å²) in [7, 11) is 1.94. The van der Waals surface area contributed by atoms with E-state index in [4.69, 9.17) is 5.73 Å². The van der Waals surface area contributed by atoms with Crippen LogP contribution < -0.4 is 10.6 Å². The third-order valence-electron chi connectivity index (χ3n) is 3.12. The normalized spacial score (nSPS) is 12.9. The number of benzene rings is 1. The van der Waals surface area contributed by atoms with Gasteiger partial charge in [-0.25, -0.2) is 4.39 Å². The lowest BCUT2D eigenvalue weighted by atomic mass is 10.0. The second kappa shape index (κ2) is 6.01. The van der Waals surface area contributed by atoms with Crippen LogP contribution in [0.2, 0.25) is 0 Å². The van der Waals surface area contributed by atoms with Gasteiger partial charge in [-0.3, -0.25) is 0 Å². The van der Waals surface area contributed by atoms with Crippen molar-refractivity contribution >= 4 is 5.69 Å². The van der Waals surface area contributed by atoms with Crippen molar-refractivity contribution in [3.05, 3.63) is 29.6 Å². The van der Waals surface area contributed by atoms with Crippen molar-refractivity contribution in [2.24, 2.45) is 11.7 Å². The van der Waals surface area contributed by atoms with Crippen molar-refractivity contribution in [3.63, 3.8) is 0 Å². The lowest BCUT2D eigenvalue weighted by Gasteiger charge is -2.30. The van der Waals surface area contributed by atoms with Crippen LogP contribution in [0.4, 0.5) is 10.1 Å². The number of halogens is 1. The van der Waals surface area contributed by atoms with Crippen LogP contribution in [0.3, 0.4) is 0 Å². The van der Waals surface area contributed by atoms with Crippen molar-refractivity contribution in [2.45, 2.75) is 39.8 Å². The molecular weight excluding hydrogens is 215 g/mol. The first-order valence-corrected chi connectivity index (χ1v) is 6.17. The SMILES string of the molecule is CC(C)CC(C)N(C)c1c(F)cccc1CN. The fraction of sp³-hybridized carbons (Fsp3) is 0.571. The van der Waals surface area contributed by atoms with E-state index in [1.807, 2.05) is 18.0 Å². The van der Waals surface area contributed by atoms with Gasteiger partial charge in [0.25, 0.3) is 0 Å². The molecule has 0 fully saturated rings. The van der Waals surface area contributed by atoms with Crippen molar-refractivity contribution in [1.82, 2.24) is 0 Å². The molecule has 1 aromatic carbocycles. The number of hydrogen-bond donors (Lipinski definition) is 1. The zero-order valence-corrected chi connectivity index (χ0v) is 11.2. The molecule has 0 saturated carbocycles. The molecule has 2 N–H and O–H groups in total. The minimum atomic E-state index is -0.189. The predicted octanol–water partition coefficient (Wildman–Crippen LogP) is 3.16. The molecule has 0 amide bonds. The molecule has 17 heavy (non-hydrogen) atoms. The second-order valence-corrected chi connectivity index (χ2v) is 5.04. The molecule has 0 saturated heterocycles. The highest BCUT2D eigenvalue weighted by Gasteiger charge is 2.17. The molecule has 0 aromatic heterocycles. The largest absolute Gasteiger partial charge is 0.369 e. The topological polar surface area (TPSA) is 29.3 Å². The van der Waals surface area contributed by atoms with Crippen LogP contribution in [0, 0.1) is 11.7 Å². The van der Waals surface area contributed by atoms with Crippen LogP contribution in [-0.2, 0) is 6.54 Å². The summed E-state index contributed by atoms with van der Waals surface area (Å²) >= 11 is 0. The Kier molecular flexibility index (Phi) is 4.94. The second-order valence-electron chi connectivity index (χ2n) is 5.04. The van der Waals surface area contributed by atoms with Gasteiger partial charge in [0.05, 0.1) is 5.69 Å². The molecular formula is C14H23FN2. The number of hydrogen-bond acceptors (Lipinski definition) is 2. The number of anilines is 1. The van der Waals surface area contributed by atoms with E-state index in [0.29, 0.717) is 24.2 Å². The van der Waals surface area contributed by atoms with E-state index in [9.17, 15) is 4.39 Å². The molecule has 2 nitrogen and oxygen atoms in total. The first-order valence-electron chi connectivity index (χ1n) is 6.17. The Hall–Kier alpha value is -1.09. The quantitative estimate of drug-likeness (QED) is 0.853. The predicted molar refractivity (Wildman–Crippen MR) is 71.6 cm³/mol. The molecule has 1 aromatic rings. The highest BCUT2D eigenvalue weighted by atomic mass is 19.1. The zero-order chi connectivity index (χ0) is 13.0. The van der Waals surface area contributed by atoms with E-state index in [0.717, 1.165) is 12.0 Å². The fourth-order valence-corrected chi connectivity index (χ4v) is 2.18. The Morgan fingerprint density at radius 3 is 2.47 bits per heavy atom. The summed E-state index contributed by atoms with van der Waals surface area (Å²) in [6.07, 6.45) is 1.04. The van der Waals surface area contributed by atoms with Gasteiger partial charge in [0.2, 0.25) is 0 Å². The van der Waals surface area contributed by atoms with Gasteiger partial charge in [0, 0.05) is 19.6 Å². The van der Waals surface area contributed by atoms with Crippen molar-refractivity contribution in [1.29, 1.82) is 0 Å². The summed E-state index contributed by atoms with van der Waals surface area (Å²) in [6.45, 7) is 6.84. The Bertz CT molecular complexity index is 363. The average Bonchev–Trinajstić information content (AvgIpc) is 2.26. The minimum Gasteiger partial charge on any atom is -0.369 e. The third-order valence-corrected chi connectivity index (χ3v) is 3.12. The summed E-state index contributed by atoms with van der Waals surface area (Å²) in [4.78, 5) is 2.00. The van der Waals surface area contributed by atoms with E-state index in [2.05, 4.69) is 20.8 Å². The Morgan fingerprint density at radius 2 is 1.94 bits per heavy atom. The molecule has 0 aliphatic heterocycles. The van der Waals surface area contributed by atoms with Crippen LogP contribution in [0.1, 0.15) is 32.8 Å². The number of nitrogens with zero attached hydrogens (tertiary/aromatic N) is 1. The van der Waals surface area contributed by atoms with Gasteiger partial charge in [0.1, 0.15) is 5.82 Å². The monoisotopic (exact) mass is 238 g/mol. The maximum Gasteiger partial charge on any atom is 0.146 e. The molecule has 1 atom stereocenters. The zero-order valence-electron chi connectivity index (χ0n) is 11.2. The highest BCUT2D eigenvalue weighted by molar-refractivity contribution is 5.55. The first kappa shape index (κ1) is 14.0. The van der Waals surface area contributed by atoms with E-state index in [1.165, 1.54) is 6.07 Å². The fourth-order valence-electron chi connectivity index (χ4n) is 2.18. The molecule has 0 aliphatic carbocycles. The molecule has 0 aliphatic rings. The first-order chi connectivity index (χ1) is 7.97. The van der Waals surface area contributed by atoms with Gasteiger partial charge in [-0.15, -0.1) is 0 Å². The van der Waals surface area contributed by atoms with Crippen LogP contribution >= 0.6 is 0 Å². The maximum atomic E-state index is 13.9. The van der Waals surface area contributed by atoms with Gasteiger partial charge in [-0.1, -0.05) is 26.0 Å². The van der Waals surface area contributed by atoms with Crippen molar-refractivity contribution < 1.29 is 4.39 Å². The molecule has 0 spiro atoms. The van der Waals surface area contributed by atoms with Crippen LogP contribution in [0.15, 0.2) is 18.2 Å². The Labute approximate surface area is 104 Å². The molecule has 1 unspecified atom stereocenters. The molecule has 96 valence electrons. The highest BCUT2D eigenvalue weighted by Crippen LogP contribution is 2.26. The maximum absolute atomic E-state index is 13.9. The van der Waals surface area contributed by atoms with Gasteiger partial charge in [-0.2, -0.15) is 0 Å². The lowest BCUT2D eigenvalue weighted by molar-refractivity contribution is 0.497. The van der Waals surface area contributed by atoms with E-state index < -0.39 is 0 Å². The molecule has 0 bridgehead atoms. The summed E-state index contributed by atoms with van der Waals surface area (Å²) in [5.74, 6) is 0.409. The van der Waals surface area contributed by atoms with Gasteiger partial charge in [0.15, 0.2) is 0 Å². The van der Waals surface area contributed by atoms with E-state index >= 15 is 0 Å². The van der Waals surface area contributed by atoms with Gasteiger partial charge >= 0.3 is 0 Å². The van der Waals surface area contributed by atoms with Gasteiger partial charge < -0.3 is 10.6 Å². The lowest BCUT2D eigenvalue weighted by Crippen LogP contribution is -2.32. The summed E-state index contributed by atoms with van der Waals surface area (Å²) in [5.41, 5.74) is 7.17. The van der Waals surface area contributed by atoms with E-state index in [1.54, 1.807) is 6.07 Å². The van der Waals surface area contributed by atoms with E-state index in [-0.39, 0.29) is 5.82 Å². The number of rotatable bonds is 5. The molecule has 0 heterocycles. The average molecular weight is 238 g/mol. The summed E-state index contributed by atoms with van der Waals surface area (Å²) in [6, 6.07) is 5.39. The smallest absolute Gasteiger partial charge is 0.146 e. The minimum absolute atomic E-state index is 0.189. The van der Waals surface area contributed by atoms with Crippen LogP contribution in [-0.4, -0.2) is 13.1 Å². The Balaban J connectivity index is 2.98. The van der Waals surface area contributed by atoms with Crippen molar-refractivity contribution in [3.8, 4) is 0 Å². The number of para-hydroxylation sites is 1. The number of nitrogens with two attached hydrogens (primary N) is 1. The molecule has 0 radical (unpaired) electrons. The van der Waals surface area contributed by atoms with Crippen LogP contribution in [0.25, 0.3) is 0 Å². The summed E-state index contributed by atoms with van der Waals surface area (Å²) < 4.78 is 13.9. The Morgan fingerprint density at radius 1 is 1.29 bits per heavy atom. The molecule has 1 rings (SSSR count). The third kappa shape index (κ3) is 3.43. The standard InChI is InChI=1S/C14H23FN2/c1-10(2)8-11(3)17(4)14-12(9-16)6-5-7-13(14)15/h5-7,10-11H,8-9,16H2,1-4H3. The summed E-state index contributed by atoms with van der Waals surface area (Å²) in [5, 5.41) is 0. The van der Waals surface area contributed by atoms with Crippen LogP contribution in [0.5, 0.6) is 0 Å². The van der Waals surface area contributed by atoms with Gasteiger partial charge in [-0.05, 0) is 30.9 Å². The van der Waals surface area contributed by atoms with Crippen molar-refractivity contribution in [2.75, 3.05) is 11.9 Å².